The lowest BCUT2D eigenvalue weighted by atomic mass is 10.1. The molecular formula is C13H17N3O4. The molecule has 2 rings (SSSR count). The maximum atomic E-state index is 12.1. The molecule has 7 nitrogen and oxygen atoms in total. The highest BCUT2D eigenvalue weighted by Crippen LogP contribution is 2.23. The van der Waals surface area contributed by atoms with E-state index in [1.165, 1.54) is 12.1 Å². The van der Waals surface area contributed by atoms with Crippen molar-refractivity contribution in [2.75, 3.05) is 25.0 Å². The number of carboxylic acids is 1. The van der Waals surface area contributed by atoms with Gasteiger partial charge in [-0.1, -0.05) is 0 Å². The van der Waals surface area contributed by atoms with E-state index in [0.717, 1.165) is 12.5 Å². The van der Waals surface area contributed by atoms with Crippen LogP contribution in [-0.2, 0) is 0 Å². The monoisotopic (exact) mass is 279 g/mol. The average Bonchev–Trinajstić information content (AvgIpc) is 2.89. The average molecular weight is 279 g/mol. The number of aromatic carboxylic acids is 1. The van der Waals surface area contributed by atoms with Crippen LogP contribution in [-0.4, -0.2) is 46.7 Å². The number of benzene rings is 1. The van der Waals surface area contributed by atoms with Crippen molar-refractivity contribution < 1.29 is 19.8 Å². The standard InChI is InChI=1S/C13H17N3O4/c14-6-8-3-4-16(7-8)13(20)15-11-2-1-9(17)5-10(11)12(18)19/h1-2,5,8,17H,3-4,6-7,14H2,(H,15,20)(H,18,19). The van der Waals surface area contributed by atoms with Crippen molar-refractivity contribution in [2.24, 2.45) is 11.7 Å². The zero-order valence-corrected chi connectivity index (χ0v) is 10.9. The molecule has 108 valence electrons. The van der Waals surface area contributed by atoms with E-state index < -0.39 is 5.97 Å². The van der Waals surface area contributed by atoms with Gasteiger partial charge >= 0.3 is 12.0 Å². The number of rotatable bonds is 3. The van der Waals surface area contributed by atoms with Gasteiger partial charge in [0.25, 0.3) is 0 Å². The largest absolute Gasteiger partial charge is 0.508 e. The number of anilines is 1. The third-order valence-corrected chi connectivity index (χ3v) is 3.38. The SMILES string of the molecule is NCC1CCN(C(=O)Nc2ccc(O)cc2C(=O)O)C1. The molecule has 1 atom stereocenters. The van der Waals surface area contributed by atoms with Crippen molar-refractivity contribution >= 4 is 17.7 Å². The number of aromatic hydroxyl groups is 1. The van der Waals surface area contributed by atoms with Crippen LogP contribution < -0.4 is 11.1 Å². The number of amides is 2. The fourth-order valence-corrected chi connectivity index (χ4v) is 2.22. The van der Waals surface area contributed by atoms with Crippen molar-refractivity contribution in [3.05, 3.63) is 23.8 Å². The van der Waals surface area contributed by atoms with Gasteiger partial charge in [0, 0.05) is 13.1 Å². The minimum atomic E-state index is -1.21. The molecule has 20 heavy (non-hydrogen) atoms. The summed E-state index contributed by atoms with van der Waals surface area (Å²) in [5.74, 6) is -1.08. The highest BCUT2D eigenvalue weighted by atomic mass is 16.4. The van der Waals surface area contributed by atoms with E-state index in [-0.39, 0.29) is 23.0 Å². The molecule has 1 unspecified atom stereocenters. The van der Waals surface area contributed by atoms with Gasteiger partial charge < -0.3 is 26.2 Å². The molecule has 7 heteroatoms. The Morgan fingerprint density at radius 1 is 1.45 bits per heavy atom. The van der Waals surface area contributed by atoms with Crippen LogP contribution in [0.4, 0.5) is 10.5 Å². The van der Waals surface area contributed by atoms with Gasteiger partial charge in [0.2, 0.25) is 0 Å². The number of carbonyl (C=O) groups is 2. The topological polar surface area (TPSA) is 116 Å². The lowest BCUT2D eigenvalue weighted by Gasteiger charge is -2.18. The van der Waals surface area contributed by atoms with Crippen molar-refractivity contribution in [1.82, 2.24) is 4.90 Å². The summed E-state index contributed by atoms with van der Waals surface area (Å²) in [7, 11) is 0. The Hall–Kier alpha value is -2.28. The van der Waals surface area contributed by atoms with Crippen LogP contribution in [0.3, 0.4) is 0 Å². The number of hydrogen-bond acceptors (Lipinski definition) is 4. The van der Waals surface area contributed by atoms with Crippen molar-refractivity contribution in [3.63, 3.8) is 0 Å². The molecule has 2 amide bonds. The van der Waals surface area contributed by atoms with Gasteiger partial charge in [-0.3, -0.25) is 0 Å². The molecule has 1 aliphatic heterocycles. The van der Waals surface area contributed by atoms with Crippen molar-refractivity contribution in [3.8, 4) is 5.75 Å². The number of urea groups is 1. The molecule has 1 aromatic rings. The van der Waals surface area contributed by atoms with Crippen molar-refractivity contribution in [2.45, 2.75) is 6.42 Å². The fraction of sp³-hybridized carbons (Fsp3) is 0.385. The second kappa shape index (κ2) is 5.79. The van der Waals surface area contributed by atoms with Crippen LogP contribution in [0.2, 0.25) is 0 Å². The first kappa shape index (κ1) is 14.1. The van der Waals surface area contributed by atoms with Gasteiger partial charge in [0.15, 0.2) is 0 Å². The number of nitrogens with zero attached hydrogens (tertiary/aromatic N) is 1. The second-order valence-electron chi connectivity index (χ2n) is 4.80. The zero-order valence-electron chi connectivity index (χ0n) is 10.9. The number of hydrogen-bond donors (Lipinski definition) is 4. The van der Waals surface area contributed by atoms with E-state index in [2.05, 4.69) is 5.32 Å². The van der Waals surface area contributed by atoms with Gasteiger partial charge in [-0.2, -0.15) is 0 Å². The summed E-state index contributed by atoms with van der Waals surface area (Å²) >= 11 is 0. The summed E-state index contributed by atoms with van der Waals surface area (Å²) in [6.45, 7) is 1.71. The molecule has 1 saturated heterocycles. The first-order chi connectivity index (χ1) is 9.51. The third-order valence-electron chi connectivity index (χ3n) is 3.38. The Morgan fingerprint density at radius 3 is 2.80 bits per heavy atom. The molecule has 0 spiro atoms. The van der Waals surface area contributed by atoms with Gasteiger partial charge in [0.1, 0.15) is 5.75 Å². The van der Waals surface area contributed by atoms with Gasteiger partial charge in [0.05, 0.1) is 11.3 Å². The minimum absolute atomic E-state index is 0.145. The highest BCUT2D eigenvalue weighted by Gasteiger charge is 2.26. The zero-order chi connectivity index (χ0) is 14.7. The Bertz CT molecular complexity index is 532. The second-order valence-corrected chi connectivity index (χ2v) is 4.80. The Balaban J connectivity index is 2.10. The molecular weight excluding hydrogens is 262 g/mol. The number of carboxylic acid groups (broad SMARTS) is 1. The quantitative estimate of drug-likeness (QED) is 0.613. The van der Waals surface area contributed by atoms with E-state index in [0.29, 0.717) is 25.6 Å². The van der Waals surface area contributed by atoms with Crippen LogP contribution in [0.15, 0.2) is 18.2 Å². The van der Waals surface area contributed by atoms with Crippen LogP contribution in [0.25, 0.3) is 0 Å². The summed E-state index contributed by atoms with van der Waals surface area (Å²) in [4.78, 5) is 24.7. The highest BCUT2D eigenvalue weighted by molar-refractivity contribution is 6.00. The molecule has 0 radical (unpaired) electrons. The maximum absolute atomic E-state index is 12.1. The van der Waals surface area contributed by atoms with Gasteiger partial charge in [-0.15, -0.1) is 0 Å². The molecule has 1 heterocycles. The minimum Gasteiger partial charge on any atom is -0.508 e. The number of carbonyl (C=O) groups excluding carboxylic acids is 1. The van der Waals surface area contributed by atoms with Gasteiger partial charge in [-0.05, 0) is 37.1 Å². The first-order valence-electron chi connectivity index (χ1n) is 6.33. The summed E-state index contributed by atoms with van der Waals surface area (Å²) in [5, 5.41) is 20.9. The lowest BCUT2D eigenvalue weighted by Crippen LogP contribution is -2.34. The third kappa shape index (κ3) is 3.00. The van der Waals surface area contributed by atoms with E-state index >= 15 is 0 Å². The fourth-order valence-electron chi connectivity index (χ4n) is 2.22. The first-order valence-corrected chi connectivity index (χ1v) is 6.33. The van der Waals surface area contributed by atoms with Crippen LogP contribution in [0.1, 0.15) is 16.8 Å². The van der Waals surface area contributed by atoms with Crippen LogP contribution >= 0.6 is 0 Å². The number of nitrogens with two attached hydrogens (primary N) is 1. The van der Waals surface area contributed by atoms with E-state index in [1.807, 2.05) is 0 Å². The van der Waals surface area contributed by atoms with Crippen LogP contribution in [0, 0.1) is 5.92 Å². The van der Waals surface area contributed by atoms with E-state index in [1.54, 1.807) is 4.90 Å². The Kier molecular flexibility index (Phi) is 4.09. The smallest absolute Gasteiger partial charge is 0.337 e. The van der Waals surface area contributed by atoms with E-state index in [9.17, 15) is 14.7 Å². The molecule has 1 aliphatic rings. The maximum Gasteiger partial charge on any atom is 0.337 e. The van der Waals surface area contributed by atoms with Crippen molar-refractivity contribution in [1.29, 1.82) is 0 Å². The summed E-state index contributed by atoms with van der Waals surface area (Å²) < 4.78 is 0. The molecule has 5 N–H and O–H groups in total. The summed E-state index contributed by atoms with van der Waals surface area (Å²) in [5.41, 5.74) is 5.58. The number of phenolic OH excluding ortho intramolecular Hbond substituents is 1. The Morgan fingerprint density at radius 2 is 2.20 bits per heavy atom. The molecule has 0 aliphatic carbocycles. The molecule has 1 aromatic carbocycles. The molecule has 0 aromatic heterocycles. The van der Waals surface area contributed by atoms with E-state index in [4.69, 9.17) is 10.8 Å². The predicted molar refractivity (Wildman–Crippen MR) is 72.8 cm³/mol. The van der Waals surface area contributed by atoms with Crippen LogP contribution in [0.5, 0.6) is 5.75 Å². The molecule has 0 saturated carbocycles. The summed E-state index contributed by atoms with van der Waals surface area (Å²) in [6, 6.07) is 3.45. The number of phenols is 1. The molecule has 0 bridgehead atoms. The Labute approximate surface area is 116 Å². The normalized spacial score (nSPS) is 18.1. The molecule has 1 fully saturated rings. The number of likely N-dealkylation sites (tertiary alicyclic amines) is 1. The lowest BCUT2D eigenvalue weighted by molar-refractivity contribution is 0.0697. The predicted octanol–water partition coefficient (Wildman–Crippen LogP) is 0.903. The summed E-state index contributed by atoms with van der Waals surface area (Å²) in [6.07, 6.45) is 0.852. The van der Waals surface area contributed by atoms with Gasteiger partial charge in [-0.25, -0.2) is 9.59 Å². The number of nitrogens with one attached hydrogen (secondary N) is 1.